The van der Waals surface area contributed by atoms with Crippen LogP contribution >= 0.6 is 0 Å². The maximum atomic E-state index is 13.4. The first kappa shape index (κ1) is 28.3. The molecule has 2 nitrogen and oxygen atoms in total. The molecular weight excluding hydrogens is 501 g/mol. The van der Waals surface area contributed by atoms with Crippen molar-refractivity contribution in [2.24, 2.45) is 0 Å². The lowest BCUT2D eigenvalue weighted by atomic mass is 9.82. The van der Waals surface area contributed by atoms with Crippen LogP contribution in [0.3, 0.4) is 0 Å². The van der Waals surface area contributed by atoms with Crippen LogP contribution in [0.4, 0.5) is 39.5 Å². The highest BCUT2D eigenvalue weighted by atomic mass is 19.4. The SMILES string of the molecule is COC1(c2ccc(C(F)(F)F)cc2CNCc2cc(C(F)(F)F)cc(C(F)(F)F)c2)CCCCCC1. The standard InChI is InChI=1S/C25H26F9NO/c1-36-22(8-4-2-3-5-9-22)21-7-6-18(23(26,27)28)12-17(21)15-35-14-16-10-19(24(29,30)31)13-20(11-16)25(32,33)34/h6-7,10-13,35H,2-5,8-9,14-15H2,1H3. The molecule has 0 atom stereocenters. The predicted molar refractivity (Wildman–Crippen MR) is 115 cm³/mol. The summed E-state index contributed by atoms with van der Waals surface area (Å²) < 4.78 is 125. The van der Waals surface area contributed by atoms with E-state index in [0.717, 1.165) is 37.8 Å². The largest absolute Gasteiger partial charge is 0.416 e. The van der Waals surface area contributed by atoms with E-state index in [0.29, 0.717) is 30.5 Å². The monoisotopic (exact) mass is 527 g/mol. The Morgan fingerprint density at radius 2 is 1.22 bits per heavy atom. The molecule has 0 aliphatic heterocycles. The van der Waals surface area contributed by atoms with Gasteiger partial charge in [-0.15, -0.1) is 0 Å². The maximum absolute atomic E-state index is 13.4. The summed E-state index contributed by atoms with van der Waals surface area (Å²) in [6, 6.07) is 4.51. The number of alkyl halides is 9. The molecule has 36 heavy (non-hydrogen) atoms. The molecule has 1 fully saturated rings. The molecule has 0 aromatic heterocycles. The van der Waals surface area contributed by atoms with Crippen molar-refractivity contribution in [2.75, 3.05) is 7.11 Å². The fourth-order valence-corrected chi connectivity index (χ4v) is 4.71. The van der Waals surface area contributed by atoms with Crippen LogP contribution in [-0.4, -0.2) is 7.11 Å². The summed E-state index contributed by atoms with van der Waals surface area (Å²) in [7, 11) is 1.49. The van der Waals surface area contributed by atoms with Crippen LogP contribution in [0.5, 0.6) is 0 Å². The molecule has 0 amide bonds. The van der Waals surface area contributed by atoms with E-state index in [1.54, 1.807) is 0 Å². The third kappa shape index (κ3) is 6.73. The van der Waals surface area contributed by atoms with Gasteiger partial charge in [-0.3, -0.25) is 0 Å². The highest BCUT2D eigenvalue weighted by Gasteiger charge is 2.38. The van der Waals surface area contributed by atoms with Crippen molar-refractivity contribution < 1.29 is 44.3 Å². The maximum Gasteiger partial charge on any atom is 0.416 e. The van der Waals surface area contributed by atoms with Crippen molar-refractivity contribution in [2.45, 2.75) is 75.7 Å². The predicted octanol–water partition coefficient (Wildman–Crippen LogP) is 8.23. The molecule has 1 N–H and O–H groups in total. The number of halogens is 9. The number of rotatable bonds is 6. The normalized spacial score (nSPS) is 17.2. The molecule has 0 heterocycles. The molecule has 0 bridgehead atoms. The second-order valence-electron chi connectivity index (χ2n) is 9.00. The van der Waals surface area contributed by atoms with Crippen molar-refractivity contribution in [3.63, 3.8) is 0 Å². The van der Waals surface area contributed by atoms with E-state index in [1.807, 2.05) is 0 Å². The average Bonchev–Trinajstić information content (AvgIpc) is 3.03. The Balaban J connectivity index is 1.93. The fraction of sp³-hybridized carbons (Fsp3) is 0.520. The van der Waals surface area contributed by atoms with Crippen molar-refractivity contribution in [1.82, 2.24) is 5.32 Å². The number of methoxy groups -OCH3 is 1. The zero-order chi connectivity index (χ0) is 26.8. The Labute approximate surface area is 202 Å². The lowest BCUT2D eigenvalue weighted by molar-refractivity contribution is -0.143. The lowest BCUT2D eigenvalue weighted by Gasteiger charge is -2.34. The Hall–Kier alpha value is -2.27. The fourth-order valence-electron chi connectivity index (χ4n) is 4.71. The highest BCUT2D eigenvalue weighted by Crippen LogP contribution is 2.42. The number of hydrogen-bond acceptors (Lipinski definition) is 2. The quantitative estimate of drug-likeness (QED) is 0.302. The minimum Gasteiger partial charge on any atom is -0.374 e. The summed E-state index contributed by atoms with van der Waals surface area (Å²) in [5, 5.41) is 2.73. The van der Waals surface area contributed by atoms with E-state index in [4.69, 9.17) is 4.74 Å². The van der Waals surface area contributed by atoms with Gasteiger partial charge in [0.05, 0.1) is 22.3 Å². The minimum absolute atomic E-state index is 0.0306. The summed E-state index contributed by atoms with van der Waals surface area (Å²) in [5.74, 6) is 0. The van der Waals surface area contributed by atoms with Gasteiger partial charge in [0.15, 0.2) is 0 Å². The van der Waals surface area contributed by atoms with Crippen molar-refractivity contribution in [3.8, 4) is 0 Å². The van der Waals surface area contributed by atoms with Gasteiger partial charge in [-0.1, -0.05) is 31.7 Å². The first-order chi connectivity index (χ1) is 16.7. The van der Waals surface area contributed by atoms with E-state index in [2.05, 4.69) is 5.32 Å². The van der Waals surface area contributed by atoms with Crippen LogP contribution in [0, 0.1) is 0 Å². The summed E-state index contributed by atoms with van der Waals surface area (Å²) in [4.78, 5) is 0. The Kier molecular flexibility index (Phi) is 8.34. The van der Waals surface area contributed by atoms with E-state index in [9.17, 15) is 39.5 Å². The third-order valence-electron chi connectivity index (χ3n) is 6.52. The van der Waals surface area contributed by atoms with Gasteiger partial charge in [-0.2, -0.15) is 39.5 Å². The number of hydrogen-bond donors (Lipinski definition) is 1. The van der Waals surface area contributed by atoms with Crippen LogP contribution in [-0.2, 0) is 42.0 Å². The molecule has 0 radical (unpaired) electrons. The van der Waals surface area contributed by atoms with Gasteiger partial charge in [0.25, 0.3) is 0 Å². The smallest absolute Gasteiger partial charge is 0.374 e. The van der Waals surface area contributed by atoms with E-state index in [1.165, 1.54) is 13.2 Å². The van der Waals surface area contributed by atoms with Crippen LogP contribution in [0.15, 0.2) is 36.4 Å². The van der Waals surface area contributed by atoms with Gasteiger partial charge in [0.1, 0.15) is 0 Å². The first-order valence-electron chi connectivity index (χ1n) is 11.4. The Morgan fingerprint density at radius 1 is 0.694 bits per heavy atom. The molecule has 1 aliphatic rings. The van der Waals surface area contributed by atoms with Crippen molar-refractivity contribution >= 4 is 0 Å². The lowest BCUT2D eigenvalue weighted by Crippen LogP contribution is -2.30. The second kappa shape index (κ2) is 10.6. The van der Waals surface area contributed by atoms with Gasteiger partial charge < -0.3 is 10.1 Å². The van der Waals surface area contributed by atoms with Crippen molar-refractivity contribution in [3.05, 3.63) is 69.8 Å². The number of ether oxygens (including phenoxy) is 1. The first-order valence-corrected chi connectivity index (χ1v) is 11.4. The van der Waals surface area contributed by atoms with Gasteiger partial charge in [-0.25, -0.2) is 0 Å². The molecular formula is C25H26F9NO. The van der Waals surface area contributed by atoms with Gasteiger partial charge in [-0.05, 0) is 59.9 Å². The van der Waals surface area contributed by atoms with Gasteiger partial charge in [0, 0.05) is 20.2 Å². The van der Waals surface area contributed by atoms with E-state index in [-0.39, 0.29) is 23.7 Å². The molecule has 3 rings (SSSR count). The van der Waals surface area contributed by atoms with E-state index >= 15 is 0 Å². The Bertz CT molecular complexity index is 1000. The summed E-state index contributed by atoms with van der Waals surface area (Å²) in [6.07, 6.45) is -9.90. The zero-order valence-electron chi connectivity index (χ0n) is 19.4. The summed E-state index contributed by atoms with van der Waals surface area (Å²) in [5.41, 5.74) is -4.15. The molecule has 2 aromatic rings. The molecule has 2 aromatic carbocycles. The number of benzene rings is 2. The highest BCUT2D eigenvalue weighted by molar-refractivity contribution is 5.38. The molecule has 11 heteroatoms. The van der Waals surface area contributed by atoms with Crippen molar-refractivity contribution in [1.29, 1.82) is 0 Å². The second-order valence-corrected chi connectivity index (χ2v) is 9.00. The average molecular weight is 527 g/mol. The third-order valence-corrected chi connectivity index (χ3v) is 6.52. The molecule has 1 aliphatic carbocycles. The van der Waals surface area contributed by atoms with Gasteiger partial charge in [0.2, 0.25) is 0 Å². The molecule has 200 valence electrons. The van der Waals surface area contributed by atoms with Crippen LogP contribution in [0.2, 0.25) is 0 Å². The molecule has 0 saturated heterocycles. The summed E-state index contributed by atoms with van der Waals surface area (Å²) >= 11 is 0. The molecule has 0 spiro atoms. The topological polar surface area (TPSA) is 21.3 Å². The van der Waals surface area contributed by atoms with Crippen LogP contribution in [0.1, 0.15) is 71.9 Å². The minimum atomic E-state index is -4.99. The molecule has 1 saturated carbocycles. The number of nitrogens with one attached hydrogen (secondary N) is 1. The van der Waals surface area contributed by atoms with E-state index < -0.39 is 47.4 Å². The van der Waals surface area contributed by atoms with Crippen LogP contribution < -0.4 is 5.32 Å². The van der Waals surface area contributed by atoms with Gasteiger partial charge >= 0.3 is 18.5 Å². The summed E-state index contributed by atoms with van der Waals surface area (Å²) in [6.45, 7) is -0.620. The van der Waals surface area contributed by atoms with Crippen LogP contribution in [0.25, 0.3) is 0 Å². The Morgan fingerprint density at radius 3 is 1.69 bits per heavy atom. The molecule has 0 unspecified atom stereocenters. The zero-order valence-corrected chi connectivity index (χ0v) is 19.4.